The minimum atomic E-state index is 0.365. The van der Waals surface area contributed by atoms with Gasteiger partial charge in [-0.3, -0.25) is 0 Å². The summed E-state index contributed by atoms with van der Waals surface area (Å²) >= 11 is 0. The Morgan fingerprint density at radius 2 is 2.31 bits per heavy atom. The lowest BCUT2D eigenvalue weighted by atomic mass is 9.88. The van der Waals surface area contributed by atoms with E-state index in [-0.39, 0.29) is 0 Å². The minimum absolute atomic E-state index is 0.365. The molecule has 0 radical (unpaired) electrons. The van der Waals surface area contributed by atoms with Crippen molar-refractivity contribution in [2.45, 2.75) is 18.9 Å². The van der Waals surface area contributed by atoms with Crippen LogP contribution in [-0.4, -0.2) is 14.2 Å². The third-order valence-electron chi connectivity index (χ3n) is 3.44. The summed E-state index contributed by atoms with van der Waals surface area (Å²) in [5, 5.41) is 4.59. The molecule has 3 heteroatoms. The number of rotatable bonds is 2. The summed E-state index contributed by atoms with van der Waals surface area (Å²) < 4.78 is 11.0. The van der Waals surface area contributed by atoms with Gasteiger partial charge in [-0.25, -0.2) is 0 Å². The summed E-state index contributed by atoms with van der Waals surface area (Å²) in [7, 11) is 3.72. The van der Waals surface area contributed by atoms with Crippen LogP contribution in [0.15, 0.2) is 22.8 Å². The number of benzene rings is 1. The van der Waals surface area contributed by atoms with Crippen molar-refractivity contribution in [1.29, 1.82) is 0 Å². The third-order valence-corrected chi connectivity index (χ3v) is 3.44. The van der Waals surface area contributed by atoms with Gasteiger partial charge in [0, 0.05) is 17.0 Å². The molecule has 0 aliphatic heterocycles. The van der Waals surface area contributed by atoms with Gasteiger partial charge in [-0.2, -0.15) is 0 Å². The standard InChI is InChI=1S/C13H15NO2/c1-14-9-4-3-8-7-16-11-6-5-10(15-2)13(9)12(8)11/h5-7,9,14H,3-4H2,1-2H3. The Balaban J connectivity index is 2.35. The number of nitrogens with one attached hydrogen (secondary N) is 1. The van der Waals surface area contributed by atoms with Crippen LogP contribution >= 0.6 is 0 Å². The molecule has 1 aliphatic carbocycles. The SMILES string of the molecule is CNC1CCc2coc3ccc(OC)c1c23. The van der Waals surface area contributed by atoms with Gasteiger partial charge < -0.3 is 14.5 Å². The van der Waals surface area contributed by atoms with Crippen LogP contribution in [0, 0.1) is 0 Å². The topological polar surface area (TPSA) is 34.4 Å². The Hall–Kier alpha value is -1.48. The first-order chi connectivity index (χ1) is 7.85. The fourth-order valence-corrected chi connectivity index (χ4v) is 2.64. The van der Waals surface area contributed by atoms with Crippen LogP contribution in [0.4, 0.5) is 0 Å². The summed E-state index contributed by atoms with van der Waals surface area (Å²) in [6.07, 6.45) is 4.04. The highest BCUT2D eigenvalue weighted by molar-refractivity contribution is 5.88. The molecule has 1 aromatic heterocycles. The molecule has 0 bridgehead atoms. The van der Waals surface area contributed by atoms with Crippen LogP contribution in [0.25, 0.3) is 11.0 Å². The summed E-state index contributed by atoms with van der Waals surface area (Å²) in [5.74, 6) is 0.953. The fourth-order valence-electron chi connectivity index (χ4n) is 2.64. The van der Waals surface area contributed by atoms with Gasteiger partial charge in [0.1, 0.15) is 11.3 Å². The van der Waals surface area contributed by atoms with Gasteiger partial charge >= 0.3 is 0 Å². The van der Waals surface area contributed by atoms with E-state index >= 15 is 0 Å². The lowest BCUT2D eigenvalue weighted by Crippen LogP contribution is -2.20. The molecule has 3 nitrogen and oxygen atoms in total. The lowest BCUT2D eigenvalue weighted by molar-refractivity contribution is 0.399. The second-order valence-electron chi connectivity index (χ2n) is 4.20. The van der Waals surface area contributed by atoms with E-state index in [1.165, 1.54) is 16.5 Å². The smallest absolute Gasteiger partial charge is 0.134 e. The number of methoxy groups -OCH3 is 1. The quantitative estimate of drug-likeness (QED) is 0.839. The summed E-state index contributed by atoms with van der Waals surface area (Å²) in [6, 6.07) is 4.34. The molecule has 0 saturated carbocycles. The molecule has 16 heavy (non-hydrogen) atoms. The Kier molecular flexibility index (Phi) is 2.14. The van der Waals surface area contributed by atoms with Gasteiger partial charge in [0.05, 0.1) is 13.4 Å². The Bertz CT molecular complexity index is 530. The van der Waals surface area contributed by atoms with Crippen LogP contribution in [0.5, 0.6) is 5.75 Å². The first-order valence-corrected chi connectivity index (χ1v) is 5.59. The van der Waals surface area contributed by atoms with Gasteiger partial charge in [-0.15, -0.1) is 0 Å². The molecule has 0 fully saturated rings. The molecular formula is C13H15NO2. The second kappa shape index (κ2) is 3.52. The lowest BCUT2D eigenvalue weighted by Gasteiger charge is -2.24. The van der Waals surface area contributed by atoms with Crippen molar-refractivity contribution >= 4 is 11.0 Å². The molecule has 0 amide bonds. The molecule has 2 aromatic rings. The maximum Gasteiger partial charge on any atom is 0.134 e. The Morgan fingerprint density at radius 1 is 1.44 bits per heavy atom. The highest BCUT2D eigenvalue weighted by atomic mass is 16.5. The molecule has 84 valence electrons. The number of ether oxygens (including phenoxy) is 1. The van der Waals surface area contributed by atoms with E-state index in [9.17, 15) is 0 Å². The van der Waals surface area contributed by atoms with Crippen molar-refractivity contribution in [3.8, 4) is 5.75 Å². The average Bonchev–Trinajstić information content (AvgIpc) is 2.75. The number of hydrogen-bond donors (Lipinski definition) is 1. The van der Waals surface area contributed by atoms with Gasteiger partial charge in [-0.05, 0) is 37.6 Å². The van der Waals surface area contributed by atoms with Crippen LogP contribution in [0.2, 0.25) is 0 Å². The van der Waals surface area contributed by atoms with Crippen molar-refractivity contribution in [3.63, 3.8) is 0 Å². The zero-order valence-electron chi connectivity index (χ0n) is 9.54. The largest absolute Gasteiger partial charge is 0.496 e. The third kappa shape index (κ3) is 1.18. The molecule has 3 rings (SSSR count). The van der Waals surface area contributed by atoms with E-state index in [0.29, 0.717) is 6.04 Å². The Labute approximate surface area is 94.4 Å². The van der Waals surface area contributed by atoms with Crippen molar-refractivity contribution in [1.82, 2.24) is 5.32 Å². The van der Waals surface area contributed by atoms with E-state index in [2.05, 4.69) is 5.32 Å². The van der Waals surface area contributed by atoms with Crippen LogP contribution < -0.4 is 10.1 Å². The van der Waals surface area contributed by atoms with Gasteiger partial charge in [0.2, 0.25) is 0 Å². The number of hydrogen-bond acceptors (Lipinski definition) is 3. The van der Waals surface area contributed by atoms with Crippen molar-refractivity contribution in [2.24, 2.45) is 0 Å². The molecule has 1 unspecified atom stereocenters. The van der Waals surface area contributed by atoms with E-state index in [0.717, 1.165) is 24.2 Å². The zero-order chi connectivity index (χ0) is 11.1. The number of furan rings is 1. The predicted octanol–water partition coefficient (Wildman–Crippen LogP) is 2.65. The van der Waals surface area contributed by atoms with Crippen LogP contribution in [0.1, 0.15) is 23.6 Å². The van der Waals surface area contributed by atoms with E-state index in [1.807, 2.05) is 25.4 Å². The van der Waals surface area contributed by atoms with Crippen molar-refractivity contribution < 1.29 is 9.15 Å². The van der Waals surface area contributed by atoms with Gasteiger partial charge in [-0.1, -0.05) is 0 Å². The molecule has 1 aliphatic rings. The maximum absolute atomic E-state index is 5.57. The van der Waals surface area contributed by atoms with E-state index < -0.39 is 0 Å². The van der Waals surface area contributed by atoms with E-state index in [1.54, 1.807) is 7.11 Å². The fraction of sp³-hybridized carbons (Fsp3) is 0.385. The molecule has 0 spiro atoms. The first-order valence-electron chi connectivity index (χ1n) is 5.59. The second-order valence-corrected chi connectivity index (χ2v) is 4.20. The highest BCUT2D eigenvalue weighted by Gasteiger charge is 2.25. The van der Waals surface area contributed by atoms with E-state index in [4.69, 9.17) is 9.15 Å². The summed E-state index contributed by atoms with van der Waals surface area (Å²) in [4.78, 5) is 0. The maximum atomic E-state index is 5.57. The highest BCUT2D eigenvalue weighted by Crippen LogP contribution is 2.41. The average molecular weight is 217 g/mol. The van der Waals surface area contributed by atoms with Crippen LogP contribution in [0.3, 0.4) is 0 Å². The zero-order valence-corrected chi connectivity index (χ0v) is 9.54. The molecule has 1 atom stereocenters. The Morgan fingerprint density at radius 3 is 3.06 bits per heavy atom. The molecule has 0 saturated heterocycles. The summed E-state index contributed by atoms with van der Waals surface area (Å²) in [5.41, 5.74) is 3.51. The monoisotopic (exact) mass is 217 g/mol. The number of aryl methyl sites for hydroxylation is 1. The predicted molar refractivity (Wildman–Crippen MR) is 62.9 cm³/mol. The van der Waals surface area contributed by atoms with Gasteiger partial charge in [0.25, 0.3) is 0 Å². The van der Waals surface area contributed by atoms with Gasteiger partial charge in [0.15, 0.2) is 0 Å². The van der Waals surface area contributed by atoms with Crippen LogP contribution in [-0.2, 0) is 6.42 Å². The molecular weight excluding hydrogens is 202 g/mol. The van der Waals surface area contributed by atoms with Crippen molar-refractivity contribution in [2.75, 3.05) is 14.2 Å². The normalized spacial score (nSPS) is 19.0. The minimum Gasteiger partial charge on any atom is -0.496 e. The molecule has 1 heterocycles. The molecule has 1 aromatic carbocycles. The van der Waals surface area contributed by atoms with Crippen molar-refractivity contribution in [3.05, 3.63) is 29.5 Å². The molecule has 1 N–H and O–H groups in total. The first kappa shape index (κ1) is 9.73. The summed E-state index contributed by atoms with van der Waals surface area (Å²) in [6.45, 7) is 0.